The van der Waals surface area contributed by atoms with Gasteiger partial charge in [0.1, 0.15) is 0 Å². The van der Waals surface area contributed by atoms with Crippen LogP contribution in [0.3, 0.4) is 0 Å². The first-order valence-electron chi connectivity index (χ1n) is 9.43. The molecule has 0 aromatic carbocycles. The lowest BCUT2D eigenvalue weighted by Gasteiger charge is -2.37. The lowest BCUT2D eigenvalue weighted by atomic mass is 9.94. The summed E-state index contributed by atoms with van der Waals surface area (Å²) in [4.78, 5) is 28.6. The van der Waals surface area contributed by atoms with Crippen LogP contribution in [0.4, 0.5) is 8.78 Å². The number of rotatable bonds is 2. The van der Waals surface area contributed by atoms with Crippen molar-refractivity contribution in [2.45, 2.75) is 31.6 Å². The van der Waals surface area contributed by atoms with Crippen LogP contribution < -0.4 is 0 Å². The molecule has 0 saturated carbocycles. The van der Waals surface area contributed by atoms with Gasteiger partial charge in [0.25, 0.3) is 11.8 Å². The molecule has 0 bridgehead atoms. The van der Waals surface area contributed by atoms with Gasteiger partial charge in [-0.15, -0.1) is 0 Å². The predicted molar refractivity (Wildman–Crippen MR) is 99.6 cm³/mol. The predicted octanol–water partition coefficient (Wildman–Crippen LogP) is 3.10. The van der Waals surface area contributed by atoms with Gasteiger partial charge in [-0.2, -0.15) is 5.10 Å². The third-order valence-corrected chi connectivity index (χ3v) is 5.82. The lowest BCUT2D eigenvalue weighted by molar-refractivity contribution is -0.142. The molecule has 0 atom stereocenters. The first-order valence-corrected chi connectivity index (χ1v) is 9.81. The van der Waals surface area contributed by atoms with Crippen LogP contribution in [0.2, 0.25) is 5.02 Å². The minimum absolute atomic E-state index is 0.0648. The van der Waals surface area contributed by atoms with Crippen molar-refractivity contribution < 1.29 is 18.4 Å². The van der Waals surface area contributed by atoms with Crippen LogP contribution in [0.1, 0.15) is 36.2 Å². The van der Waals surface area contributed by atoms with Crippen molar-refractivity contribution in [3.05, 3.63) is 35.1 Å². The Hall–Kier alpha value is -2.22. The molecule has 2 fully saturated rings. The Kier molecular flexibility index (Phi) is 4.99. The first-order chi connectivity index (χ1) is 13.3. The maximum absolute atomic E-state index is 13.3. The fraction of sp³-hybridized carbons (Fsp3) is 0.526. The molecule has 150 valence electrons. The molecule has 0 spiro atoms. The number of likely N-dealkylation sites (tertiary alicyclic amines) is 2. The van der Waals surface area contributed by atoms with Crippen LogP contribution >= 0.6 is 11.6 Å². The Bertz CT molecular complexity index is 898. The zero-order chi connectivity index (χ0) is 19.9. The van der Waals surface area contributed by atoms with Crippen LogP contribution in [-0.4, -0.2) is 63.3 Å². The second-order valence-electron chi connectivity index (χ2n) is 7.49. The second kappa shape index (κ2) is 7.31. The van der Waals surface area contributed by atoms with E-state index in [1.807, 2.05) is 0 Å². The molecule has 4 rings (SSSR count). The highest BCUT2D eigenvalue weighted by molar-refractivity contribution is 6.30. The molecular weight excluding hydrogens is 390 g/mol. The number of carbonyl (C=O) groups is 2. The number of carbonyl (C=O) groups excluding carboxylic acids is 2. The van der Waals surface area contributed by atoms with Crippen LogP contribution in [0.5, 0.6) is 0 Å². The molecule has 0 radical (unpaired) electrons. The zero-order valence-electron chi connectivity index (χ0n) is 15.3. The van der Waals surface area contributed by atoms with Crippen LogP contribution in [0.25, 0.3) is 5.52 Å². The molecule has 2 aliphatic heterocycles. The smallest absolute Gasteiger partial charge is 0.274 e. The highest BCUT2D eigenvalue weighted by Crippen LogP contribution is 2.30. The van der Waals surface area contributed by atoms with Gasteiger partial charge in [0, 0.05) is 56.2 Å². The molecule has 2 aliphatic rings. The maximum Gasteiger partial charge on any atom is 0.274 e. The summed E-state index contributed by atoms with van der Waals surface area (Å²) in [6.45, 7) is 1.12. The molecule has 4 heterocycles. The van der Waals surface area contributed by atoms with Gasteiger partial charge in [0.15, 0.2) is 5.69 Å². The number of hydrogen-bond donors (Lipinski definition) is 0. The van der Waals surface area contributed by atoms with Crippen molar-refractivity contribution >= 4 is 28.9 Å². The van der Waals surface area contributed by atoms with Gasteiger partial charge in [0.2, 0.25) is 5.91 Å². The van der Waals surface area contributed by atoms with E-state index in [1.54, 1.807) is 38.7 Å². The quantitative estimate of drug-likeness (QED) is 0.764. The Morgan fingerprint density at radius 2 is 1.75 bits per heavy atom. The van der Waals surface area contributed by atoms with E-state index in [1.165, 1.54) is 0 Å². The average Bonchev–Trinajstić information content (AvgIpc) is 3.10. The van der Waals surface area contributed by atoms with E-state index in [-0.39, 0.29) is 43.7 Å². The number of fused-ring (bicyclic) bond motifs is 1. The van der Waals surface area contributed by atoms with Gasteiger partial charge in [0.05, 0.1) is 5.52 Å². The van der Waals surface area contributed by atoms with E-state index in [0.717, 1.165) is 5.52 Å². The van der Waals surface area contributed by atoms with Gasteiger partial charge in [-0.3, -0.25) is 9.59 Å². The second-order valence-corrected chi connectivity index (χ2v) is 7.93. The number of halogens is 3. The van der Waals surface area contributed by atoms with E-state index >= 15 is 0 Å². The molecule has 2 amide bonds. The van der Waals surface area contributed by atoms with Gasteiger partial charge >= 0.3 is 0 Å². The number of hydrogen-bond acceptors (Lipinski definition) is 3. The van der Waals surface area contributed by atoms with Crippen LogP contribution in [-0.2, 0) is 4.79 Å². The Labute approximate surface area is 166 Å². The number of nitrogens with zero attached hydrogens (tertiary/aromatic N) is 4. The minimum atomic E-state index is -2.66. The number of piperidine rings is 2. The van der Waals surface area contributed by atoms with Crippen molar-refractivity contribution in [1.82, 2.24) is 19.4 Å². The highest BCUT2D eigenvalue weighted by atomic mass is 35.5. The topological polar surface area (TPSA) is 57.9 Å². The van der Waals surface area contributed by atoms with Gasteiger partial charge in [-0.1, -0.05) is 11.6 Å². The molecule has 2 saturated heterocycles. The lowest BCUT2D eigenvalue weighted by Crippen LogP contribution is -2.48. The summed E-state index contributed by atoms with van der Waals surface area (Å²) in [6.07, 6.45) is 2.23. The highest BCUT2D eigenvalue weighted by Gasteiger charge is 2.38. The third kappa shape index (κ3) is 3.83. The van der Waals surface area contributed by atoms with Gasteiger partial charge in [-0.25, -0.2) is 13.3 Å². The summed E-state index contributed by atoms with van der Waals surface area (Å²) < 4.78 is 28.2. The Morgan fingerprint density at radius 3 is 2.43 bits per heavy atom. The van der Waals surface area contributed by atoms with E-state index in [9.17, 15) is 18.4 Å². The molecule has 6 nitrogen and oxygen atoms in total. The van der Waals surface area contributed by atoms with Crippen LogP contribution in [0, 0.1) is 5.92 Å². The Morgan fingerprint density at radius 1 is 1.07 bits per heavy atom. The van der Waals surface area contributed by atoms with E-state index < -0.39 is 5.92 Å². The molecule has 0 aliphatic carbocycles. The van der Waals surface area contributed by atoms with Crippen molar-refractivity contribution in [2.75, 3.05) is 26.2 Å². The average molecular weight is 411 g/mol. The molecule has 2 aromatic heterocycles. The van der Waals surface area contributed by atoms with Crippen molar-refractivity contribution in [2.24, 2.45) is 5.92 Å². The number of amides is 2. The zero-order valence-corrected chi connectivity index (χ0v) is 16.0. The van der Waals surface area contributed by atoms with Crippen molar-refractivity contribution in [3.63, 3.8) is 0 Å². The summed E-state index contributed by atoms with van der Waals surface area (Å²) in [5.41, 5.74) is 1.08. The molecule has 0 N–H and O–H groups in total. The van der Waals surface area contributed by atoms with Crippen molar-refractivity contribution in [3.8, 4) is 0 Å². The molecule has 2 aromatic rings. The van der Waals surface area contributed by atoms with Crippen molar-refractivity contribution in [1.29, 1.82) is 0 Å². The molecule has 0 unspecified atom stereocenters. The van der Waals surface area contributed by atoms with Gasteiger partial charge < -0.3 is 9.80 Å². The minimum Gasteiger partial charge on any atom is -0.342 e. The third-order valence-electron chi connectivity index (χ3n) is 5.58. The van der Waals surface area contributed by atoms with E-state index in [0.29, 0.717) is 36.6 Å². The normalized spacial score (nSPS) is 20.5. The largest absolute Gasteiger partial charge is 0.342 e. The van der Waals surface area contributed by atoms with Crippen LogP contribution in [0.15, 0.2) is 24.4 Å². The summed E-state index contributed by atoms with van der Waals surface area (Å²) in [6, 6.07) is 5.13. The van der Waals surface area contributed by atoms with Gasteiger partial charge in [-0.05, 0) is 31.0 Å². The molecular formula is C19H21ClF2N4O2. The molecule has 9 heteroatoms. The fourth-order valence-corrected chi connectivity index (χ4v) is 4.04. The number of alkyl halides is 2. The summed E-state index contributed by atoms with van der Waals surface area (Å²) in [7, 11) is 0. The summed E-state index contributed by atoms with van der Waals surface area (Å²) >= 11 is 5.97. The van der Waals surface area contributed by atoms with E-state index in [4.69, 9.17) is 11.6 Å². The standard InChI is InChI=1S/C19H21ClF2N4O2/c20-14-3-8-26-15(11-14)12-16(23-26)18(28)24-6-1-13(2-7-24)17(27)25-9-4-19(21,22)5-10-25/h3,8,11-13H,1-2,4-7,9-10H2. The monoisotopic (exact) mass is 410 g/mol. The number of aromatic nitrogens is 2. The summed E-state index contributed by atoms with van der Waals surface area (Å²) in [5.74, 6) is -3.12. The molecule has 28 heavy (non-hydrogen) atoms. The fourth-order valence-electron chi connectivity index (χ4n) is 3.88. The number of pyridine rings is 1. The van der Waals surface area contributed by atoms with E-state index in [2.05, 4.69) is 5.10 Å². The SMILES string of the molecule is O=C(c1cc2cc(Cl)ccn2n1)N1CCC(C(=O)N2CCC(F)(F)CC2)CC1. The Balaban J connectivity index is 1.35. The maximum atomic E-state index is 13.3. The first kappa shape index (κ1) is 19.1. The summed E-state index contributed by atoms with van der Waals surface area (Å²) in [5, 5.41) is 4.86.